The van der Waals surface area contributed by atoms with E-state index >= 15 is 0 Å². The van der Waals surface area contributed by atoms with E-state index in [2.05, 4.69) is 20.8 Å². The Morgan fingerprint density at radius 2 is 1.63 bits per heavy atom. The highest BCUT2D eigenvalue weighted by molar-refractivity contribution is 5.69. The van der Waals surface area contributed by atoms with Crippen molar-refractivity contribution in [3.8, 4) is 0 Å². The first-order chi connectivity index (χ1) is 8.73. The van der Waals surface area contributed by atoms with Crippen LogP contribution in [0, 0.1) is 5.92 Å². The lowest BCUT2D eigenvalue weighted by Gasteiger charge is -2.28. The average molecular weight is 262 g/mol. The van der Waals surface area contributed by atoms with E-state index in [0.717, 1.165) is 18.4 Å². The zero-order valence-electron chi connectivity index (χ0n) is 11.8. The van der Waals surface area contributed by atoms with Crippen LogP contribution in [0.25, 0.3) is 0 Å². The monoisotopic (exact) mass is 262 g/mol. The summed E-state index contributed by atoms with van der Waals surface area (Å²) in [5.74, 6) is -0.863. The van der Waals surface area contributed by atoms with Crippen LogP contribution in [-0.2, 0) is 15.8 Å². The number of rotatable bonds is 4. The van der Waals surface area contributed by atoms with Crippen LogP contribution >= 0.6 is 0 Å². The highest BCUT2D eigenvalue weighted by atomic mass is 16.4. The van der Waals surface area contributed by atoms with Crippen molar-refractivity contribution in [1.29, 1.82) is 0 Å². The molecule has 3 heteroatoms. The predicted octanol–water partition coefficient (Wildman–Crippen LogP) is 3.06. The normalized spacial score (nSPS) is 18.9. The molecule has 1 aromatic rings. The minimum atomic E-state index is -1.21. The van der Waals surface area contributed by atoms with Gasteiger partial charge in [0.25, 0.3) is 0 Å². The molecule has 0 aliphatic heterocycles. The second-order valence-electron chi connectivity index (χ2n) is 6.60. The van der Waals surface area contributed by atoms with E-state index in [1.807, 2.05) is 24.3 Å². The molecule has 1 saturated carbocycles. The molecule has 1 aliphatic carbocycles. The Balaban J connectivity index is 2.30. The fourth-order valence-electron chi connectivity index (χ4n) is 2.53. The fraction of sp³-hybridized carbons (Fsp3) is 0.562. The molecule has 1 aliphatic rings. The van der Waals surface area contributed by atoms with Crippen LogP contribution in [0.15, 0.2) is 24.3 Å². The molecule has 2 rings (SSSR count). The summed E-state index contributed by atoms with van der Waals surface area (Å²) < 4.78 is 0. The third kappa shape index (κ3) is 2.98. The minimum Gasteiger partial charge on any atom is -0.481 e. The van der Waals surface area contributed by atoms with Gasteiger partial charge in [-0.25, -0.2) is 0 Å². The van der Waals surface area contributed by atoms with Gasteiger partial charge in [0.1, 0.15) is 5.60 Å². The maximum Gasteiger partial charge on any atom is 0.306 e. The molecule has 3 nitrogen and oxygen atoms in total. The van der Waals surface area contributed by atoms with Gasteiger partial charge in [-0.15, -0.1) is 0 Å². The van der Waals surface area contributed by atoms with Crippen LogP contribution in [0.4, 0.5) is 0 Å². The second-order valence-corrected chi connectivity index (χ2v) is 6.60. The second kappa shape index (κ2) is 4.64. The SMILES string of the molecule is CC(C)(C)c1ccc(C(O)(CC(=O)O)C2CC2)cc1. The van der Waals surface area contributed by atoms with Gasteiger partial charge in [-0.1, -0.05) is 45.0 Å². The summed E-state index contributed by atoms with van der Waals surface area (Å²) in [6.07, 6.45) is 1.60. The van der Waals surface area contributed by atoms with Crippen molar-refractivity contribution in [2.24, 2.45) is 5.92 Å². The Morgan fingerprint density at radius 1 is 1.16 bits per heavy atom. The van der Waals surface area contributed by atoms with Crippen LogP contribution in [0.2, 0.25) is 0 Å². The predicted molar refractivity (Wildman–Crippen MR) is 74.0 cm³/mol. The number of hydrogen-bond donors (Lipinski definition) is 2. The Bertz CT molecular complexity index is 466. The van der Waals surface area contributed by atoms with Crippen molar-refractivity contribution in [3.05, 3.63) is 35.4 Å². The minimum absolute atomic E-state index is 0.0586. The summed E-state index contributed by atoms with van der Waals surface area (Å²) in [7, 11) is 0. The molecule has 0 spiro atoms. The van der Waals surface area contributed by atoms with Crippen molar-refractivity contribution in [2.75, 3.05) is 0 Å². The summed E-state index contributed by atoms with van der Waals surface area (Å²) in [4.78, 5) is 11.0. The van der Waals surface area contributed by atoms with E-state index in [9.17, 15) is 9.90 Å². The summed E-state index contributed by atoms with van der Waals surface area (Å²) in [5.41, 5.74) is 0.765. The molecule has 1 atom stereocenters. The van der Waals surface area contributed by atoms with Crippen LogP contribution < -0.4 is 0 Å². The van der Waals surface area contributed by atoms with Gasteiger partial charge in [0.15, 0.2) is 0 Å². The number of carbonyl (C=O) groups is 1. The molecule has 0 bridgehead atoms. The molecule has 104 valence electrons. The Kier molecular flexibility index (Phi) is 3.43. The topological polar surface area (TPSA) is 57.5 Å². The van der Waals surface area contributed by atoms with Gasteiger partial charge in [-0.2, -0.15) is 0 Å². The van der Waals surface area contributed by atoms with E-state index in [4.69, 9.17) is 5.11 Å². The maximum atomic E-state index is 11.0. The smallest absolute Gasteiger partial charge is 0.306 e. The van der Waals surface area contributed by atoms with Crippen LogP contribution in [0.5, 0.6) is 0 Å². The molecular formula is C16H22O3. The molecule has 2 N–H and O–H groups in total. The summed E-state index contributed by atoms with van der Waals surface area (Å²) in [5, 5.41) is 19.7. The standard InChI is InChI=1S/C16H22O3/c1-15(2,3)11-4-6-12(7-5-11)16(19,10-14(17)18)13-8-9-13/h4-7,13,19H,8-10H2,1-3H3,(H,17,18). The summed E-state index contributed by atoms with van der Waals surface area (Å²) >= 11 is 0. The van der Waals surface area contributed by atoms with Gasteiger partial charge in [0.05, 0.1) is 6.42 Å². The molecule has 0 aromatic heterocycles. The molecule has 19 heavy (non-hydrogen) atoms. The van der Waals surface area contributed by atoms with E-state index in [1.165, 1.54) is 5.56 Å². The lowest BCUT2D eigenvalue weighted by atomic mass is 9.82. The van der Waals surface area contributed by atoms with E-state index < -0.39 is 11.6 Å². The van der Waals surface area contributed by atoms with Crippen molar-refractivity contribution in [2.45, 2.75) is 51.0 Å². The first kappa shape index (κ1) is 14.1. The zero-order valence-corrected chi connectivity index (χ0v) is 11.8. The molecule has 1 fully saturated rings. The molecule has 0 amide bonds. The van der Waals surface area contributed by atoms with Crippen molar-refractivity contribution in [1.82, 2.24) is 0 Å². The van der Waals surface area contributed by atoms with E-state index in [1.54, 1.807) is 0 Å². The first-order valence-corrected chi connectivity index (χ1v) is 6.78. The maximum absolute atomic E-state index is 11.0. The Hall–Kier alpha value is -1.35. The molecule has 0 heterocycles. The number of carboxylic acids is 1. The third-order valence-corrected chi connectivity index (χ3v) is 3.92. The lowest BCUT2D eigenvalue weighted by Crippen LogP contribution is -2.31. The molecule has 1 unspecified atom stereocenters. The van der Waals surface area contributed by atoms with Gasteiger partial charge in [0.2, 0.25) is 0 Å². The Morgan fingerprint density at radius 3 is 2.00 bits per heavy atom. The van der Waals surface area contributed by atoms with Crippen molar-refractivity contribution in [3.63, 3.8) is 0 Å². The van der Waals surface area contributed by atoms with Crippen molar-refractivity contribution >= 4 is 5.97 Å². The largest absolute Gasteiger partial charge is 0.481 e. The average Bonchev–Trinajstić information content (AvgIpc) is 3.11. The van der Waals surface area contributed by atoms with Gasteiger partial charge in [0, 0.05) is 0 Å². The highest BCUT2D eigenvalue weighted by Gasteiger charge is 2.46. The van der Waals surface area contributed by atoms with E-state index in [-0.39, 0.29) is 17.8 Å². The highest BCUT2D eigenvalue weighted by Crippen LogP contribution is 2.47. The zero-order chi connectivity index (χ0) is 14.3. The van der Waals surface area contributed by atoms with Gasteiger partial charge in [-0.3, -0.25) is 4.79 Å². The molecular weight excluding hydrogens is 240 g/mol. The molecule has 1 aromatic carbocycles. The summed E-state index contributed by atoms with van der Waals surface area (Å²) in [6.45, 7) is 6.39. The molecule has 0 saturated heterocycles. The quantitative estimate of drug-likeness (QED) is 0.876. The number of hydrogen-bond acceptors (Lipinski definition) is 2. The van der Waals surface area contributed by atoms with Crippen LogP contribution in [-0.4, -0.2) is 16.2 Å². The number of benzene rings is 1. The molecule has 0 radical (unpaired) electrons. The summed E-state index contributed by atoms with van der Waals surface area (Å²) in [6, 6.07) is 7.73. The number of carboxylic acid groups (broad SMARTS) is 1. The van der Waals surface area contributed by atoms with Gasteiger partial charge >= 0.3 is 5.97 Å². The number of aliphatic carboxylic acids is 1. The van der Waals surface area contributed by atoms with Gasteiger partial charge < -0.3 is 10.2 Å². The Labute approximate surface area is 114 Å². The van der Waals surface area contributed by atoms with Crippen LogP contribution in [0.1, 0.15) is 51.2 Å². The van der Waals surface area contributed by atoms with Crippen LogP contribution in [0.3, 0.4) is 0 Å². The lowest BCUT2D eigenvalue weighted by molar-refractivity contribution is -0.144. The van der Waals surface area contributed by atoms with Crippen molar-refractivity contribution < 1.29 is 15.0 Å². The first-order valence-electron chi connectivity index (χ1n) is 6.78. The third-order valence-electron chi connectivity index (χ3n) is 3.92. The van der Waals surface area contributed by atoms with E-state index in [0.29, 0.717) is 0 Å². The fourth-order valence-corrected chi connectivity index (χ4v) is 2.53. The number of aliphatic hydroxyl groups is 1. The van der Waals surface area contributed by atoms with Gasteiger partial charge in [-0.05, 0) is 35.3 Å².